The van der Waals surface area contributed by atoms with E-state index in [0.717, 1.165) is 37.2 Å². The van der Waals surface area contributed by atoms with Crippen LogP contribution in [0.5, 0.6) is 0 Å². The number of rotatable bonds is 3. The number of ether oxygens (including phenoxy) is 1. The average molecular weight is 378 g/mol. The van der Waals surface area contributed by atoms with Gasteiger partial charge in [-0.25, -0.2) is 0 Å². The van der Waals surface area contributed by atoms with Gasteiger partial charge >= 0.3 is 0 Å². The molecular formula is C18H26N4O3S. The van der Waals surface area contributed by atoms with Crippen molar-refractivity contribution in [1.82, 2.24) is 19.4 Å². The maximum atomic E-state index is 12.7. The van der Waals surface area contributed by atoms with Crippen LogP contribution in [0.15, 0.2) is 0 Å². The van der Waals surface area contributed by atoms with Gasteiger partial charge in [0.15, 0.2) is 5.69 Å². The Morgan fingerprint density at radius 1 is 1.19 bits per heavy atom. The lowest BCUT2D eigenvalue weighted by molar-refractivity contribution is -0.134. The molecule has 1 aromatic heterocycles. The van der Waals surface area contributed by atoms with Gasteiger partial charge in [0.25, 0.3) is 5.91 Å². The first-order valence-corrected chi connectivity index (χ1v) is 10.4. The molecule has 3 saturated heterocycles. The number of hydrogen-bond acceptors (Lipinski definition) is 6. The summed E-state index contributed by atoms with van der Waals surface area (Å²) in [5.74, 6) is 0.904. The van der Waals surface area contributed by atoms with Gasteiger partial charge < -0.3 is 14.5 Å². The fraction of sp³-hybridized carbons (Fsp3) is 0.778. The number of carbonyl (C=O) groups is 2. The number of likely N-dealkylation sites (tertiary alicyclic amines) is 2. The Morgan fingerprint density at radius 3 is 2.73 bits per heavy atom. The molecule has 142 valence electrons. The molecule has 3 aliphatic heterocycles. The molecule has 3 atom stereocenters. The van der Waals surface area contributed by atoms with Gasteiger partial charge in [-0.3, -0.25) is 9.59 Å². The zero-order valence-electron chi connectivity index (χ0n) is 15.2. The number of aromatic nitrogens is 2. The molecule has 3 fully saturated rings. The molecule has 0 spiro atoms. The Kier molecular flexibility index (Phi) is 5.22. The van der Waals surface area contributed by atoms with E-state index in [1.165, 1.54) is 18.0 Å². The van der Waals surface area contributed by atoms with Gasteiger partial charge in [-0.15, -0.1) is 5.10 Å². The number of hydrogen-bond donors (Lipinski definition) is 0. The molecule has 26 heavy (non-hydrogen) atoms. The lowest BCUT2D eigenvalue weighted by Gasteiger charge is -2.35. The van der Waals surface area contributed by atoms with Gasteiger partial charge in [-0.1, -0.05) is 4.49 Å². The summed E-state index contributed by atoms with van der Waals surface area (Å²) in [6.07, 6.45) is 4.85. The van der Waals surface area contributed by atoms with Crippen molar-refractivity contribution in [2.45, 2.75) is 45.1 Å². The first-order valence-electron chi connectivity index (χ1n) is 9.61. The molecule has 0 aliphatic carbocycles. The standard InChI is InChI=1S/C18H26N4O3S/c1-12-17(19-20-26-12)18(24)22-8-5-14-13(10-22)11-25-15(14)9-16(23)21-6-3-2-4-7-21/h13-15H,2-11H2,1H3/t13-,14-,15+/m1/s1. The maximum absolute atomic E-state index is 12.7. The van der Waals surface area contributed by atoms with E-state index in [9.17, 15) is 9.59 Å². The molecule has 0 aromatic carbocycles. The van der Waals surface area contributed by atoms with E-state index < -0.39 is 0 Å². The number of nitrogens with zero attached hydrogens (tertiary/aromatic N) is 4. The van der Waals surface area contributed by atoms with Crippen LogP contribution in [0.2, 0.25) is 0 Å². The number of carbonyl (C=O) groups excluding carboxylic acids is 2. The Morgan fingerprint density at radius 2 is 2.00 bits per heavy atom. The van der Waals surface area contributed by atoms with E-state index in [2.05, 4.69) is 9.59 Å². The summed E-state index contributed by atoms with van der Waals surface area (Å²) in [4.78, 5) is 30.0. The van der Waals surface area contributed by atoms with Crippen molar-refractivity contribution in [1.29, 1.82) is 0 Å². The minimum absolute atomic E-state index is 0.00866. The lowest BCUT2D eigenvalue weighted by Crippen LogP contribution is -2.45. The monoisotopic (exact) mass is 378 g/mol. The van der Waals surface area contributed by atoms with Gasteiger partial charge in [-0.05, 0) is 50.1 Å². The number of fused-ring (bicyclic) bond motifs is 1. The molecule has 0 unspecified atom stereocenters. The van der Waals surface area contributed by atoms with E-state index in [0.29, 0.717) is 43.6 Å². The normalized spacial score (nSPS) is 28.9. The summed E-state index contributed by atoms with van der Waals surface area (Å²) in [5, 5.41) is 3.98. The smallest absolute Gasteiger partial charge is 0.275 e. The van der Waals surface area contributed by atoms with Crippen molar-refractivity contribution < 1.29 is 14.3 Å². The van der Waals surface area contributed by atoms with Crippen molar-refractivity contribution in [2.24, 2.45) is 11.8 Å². The number of amides is 2. The van der Waals surface area contributed by atoms with Crippen LogP contribution in [0.25, 0.3) is 0 Å². The predicted molar refractivity (Wildman–Crippen MR) is 96.9 cm³/mol. The van der Waals surface area contributed by atoms with Crippen LogP contribution in [-0.4, -0.2) is 70.1 Å². The molecule has 8 heteroatoms. The van der Waals surface area contributed by atoms with Gasteiger partial charge in [0, 0.05) is 32.1 Å². The molecule has 2 amide bonds. The quantitative estimate of drug-likeness (QED) is 0.801. The fourth-order valence-electron chi connectivity index (χ4n) is 4.51. The predicted octanol–water partition coefficient (Wildman–Crippen LogP) is 1.73. The summed E-state index contributed by atoms with van der Waals surface area (Å²) in [6, 6.07) is 0. The number of piperidine rings is 2. The number of aryl methyl sites for hydroxylation is 1. The van der Waals surface area contributed by atoms with Crippen LogP contribution in [0.3, 0.4) is 0 Å². The van der Waals surface area contributed by atoms with Gasteiger partial charge in [0.05, 0.1) is 24.0 Å². The van der Waals surface area contributed by atoms with Crippen LogP contribution >= 0.6 is 11.5 Å². The molecule has 7 nitrogen and oxygen atoms in total. The second kappa shape index (κ2) is 7.60. The van der Waals surface area contributed by atoms with Crippen molar-refractivity contribution in [3.63, 3.8) is 0 Å². The Balaban J connectivity index is 1.34. The largest absolute Gasteiger partial charge is 0.377 e. The van der Waals surface area contributed by atoms with E-state index in [4.69, 9.17) is 4.74 Å². The summed E-state index contributed by atoms with van der Waals surface area (Å²) >= 11 is 1.26. The molecule has 4 heterocycles. The zero-order valence-corrected chi connectivity index (χ0v) is 16.0. The van der Waals surface area contributed by atoms with Crippen molar-refractivity contribution in [3.8, 4) is 0 Å². The summed E-state index contributed by atoms with van der Waals surface area (Å²) < 4.78 is 9.86. The molecular weight excluding hydrogens is 352 g/mol. The SMILES string of the molecule is Cc1snnc1C(=O)N1CC[C@@H]2[C@@H](CO[C@H]2CC(=O)N2CCCCC2)C1. The summed E-state index contributed by atoms with van der Waals surface area (Å²) in [6.45, 7) is 5.70. The third-order valence-electron chi connectivity index (χ3n) is 6.02. The first kappa shape index (κ1) is 17.9. The third kappa shape index (κ3) is 3.49. The highest BCUT2D eigenvalue weighted by molar-refractivity contribution is 7.05. The molecule has 0 N–H and O–H groups in total. The molecule has 1 aromatic rings. The zero-order chi connectivity index (χ0) is 18.1. The minimum atomic E-state index is -0.0254. The lowest BCUT2D eigenvalue weighted by atomic mass is 9.83. The first-order chi connectivity index (χ1) is 12.6. The molecule has 0 bridgehead atoms. The van der Waals surface area contributed by atoms with Crippen molar-refractivity contribution in [3.05, 3.63) is 10.6 Å². The van der Waals surface area contributed by atoms with Crippen LogP contribution in [0.1, 0.15) is 47.5 Å². The maximum Gasteiger partial charge on any atom is 0.275 e. The highest BCUT2D eigenvalue weighted by atomic mass is 32.1. The van der Waals surface area contributed by atoms with Crippen LogP contribution in [0.4, 0.5) is 0 Å². The van der Waals surface area contributed by atoms with Gasteiger partial charge in [0.1, 0.15) is 0 Å². The van der Waals surface area contributed by atoms with E-state index in [1.807, 2.05) is 16.7 Å². The Labute approximate surface area is 157 Å². The van der Waals surface area contributed by atoms with Crippen LogP contribution in [0, 0.1) is 18.8 Å². The molecule has 0 radical (unpaired) electrons. The van der Waals surface area contributed by atoms with E-state index >= 15 is 0 Å². The second-order valence-electron chi connectivity index (χ2n) is 7.66. The summed E-state index contributed by atoms with van der Waals surface area (Å²) in [7, 11) is 0. The van der Waals surface area contributed by atoms with Crippen LogP contribution < -0.4 is 0 Å². The fourth-order valence-corrected chi connectivity index (χ4v) is 4.96. The molecule has 3 aliphatic rings. The van der Waals surface area contributed by atoms with Crippen molar-refractivity contribution in [2.75, 3.05) is 32.8 Å². The van der Waals surface area contributed by atoms with E-state index in [1.54, 1.807) is 0 Å². The van der Waals surface area contributed by atoms with Gasteiger partial charge in [0.2, 0.25) is 5.91 Å². The Bertz CT molecular complexity index is 673. The molecule has 0 saturated carbocycles. The third-order valence-corrected chi connectivity index (χ3v) is 6.65. The highest BCUT2D eigenvalue weighted by Crippen LogP contribution is 2.36. The highest BCUT2D eigenvalue weighted by Gasteiger charge is 2.43. The van der Waals surface area contributed by atoms with Crippen LogP contribution in [-0.2, 0) is 9.53 Å². The van der Waals surface area contributed by atoms with E-state index in [-0.39, 0.29) is 17.9 Å². The average Bonchev–Trinajstić information content (AvgIpc) is 3.27. The second-order valence-corrected chi connectivity index (χ2v) is 8.62. The molecule has 4 rings (SSSR count). The minimum Gasteiger partial charge on any atom is -0.377 e. The van der Waals surface area contributed by atoms with Gasteiger partial charge in [-0.2, -0.15) is 0 Å². The Hall–Kier alpha value is -1.54. The summed E-state index contributed by atoms with van der Waals surface area (Å²) in [5.41, 5.74) is 0.476. The topological polar surface area (TPSA) is 75.6 Å². The van der Waals surface area contributed by atoms with Crippen molar-refractivity contribution >= 4 is 23.3 Å².